The Balaban J connectivity index is 1.61. The Labute approximate surface area is 134 Å². The van der Waals surface area contributed by atoms with Crippen molar-refractivity contribution in [1.29, 1.82) is 0 Å². The first-order chi connectivity index (χ1) is 10.6. The largest absolute Gasteiger partial charge is 0.326 e. The number of nitrogens with one attached hydrogen (secondary N) is 2. The van der Waals surface area contributed by atoms with Crippen molar-refractivity contribution in [2.45, 2.75) is 12.8 Å². The third-order valence-electron chi connectivity index (χ3n) is 3.16. The lowest BCUT2D eigenvalue weighted by Gasteiger charge is -2.07. The molecule has 116 valence electrons. The van der Waals surface area contributed by atoms with Gasteiger partial charge in [0, 0.05) is 23.7 Å². The molecule has 2 N–H and O–H groups in total. The maximum Gasteiger partial charge on any atom is 0.225 e. The van der Waals surface area contributed by atoms with Crippen molar-refractivity contribution in [2.75, 3.05) is 18.4 Å². The van der Waals surface area contributed by atoms with Crippen molar-refractivity contribution < 1.29 is 9.18 Å². The molecule has 1 amide bonds. The van der Waals surface area contributed by atoms with Crippen LogP contribution in [0.5, 0.6) is 0 Å². The molecule has 3 nitrogen and oxygen atoms in total. The molecule has 2 aromatic rings. The van der Waals surface area contributed by atoms with Crippen LogP contribution >= 0.6 is 11.6 Å². The fraction of sp³-hybridized carbons (Fsp3) is 0.235. The van der Waals surface area contributed by atoms with Crippen LogP contribution in [0.1, 0.15) is 12.0 Å². The van der Waals surface area contributed by atoms with Crippen molar-refractivity contribution in [3.8, 4) is 0 Å². The number of carbonyl (C=O) groups is 1. The molecule has 2 aromatic carbocycles. The van der Waals surface area contributed by atoms with Gasteiger partial charge in [-0.25, -0.2) is 4.39 Å². The standard InChI is InChI=1S/C17H18ClFN2O/c18-14-3-1-13(2-4-14)9-11-20-12-10-17(22)21-16-7-5-15(19)6-8-16/h1-8,20H,9-12H2,(H,21,22). The van der Waals surface area contributed by atoms with Gasteiger partial charge in [0.1, 0.15) is 5.82 Å². The molecule has 0 heterocycles. The topological polar surface area (TPSA) is 41.1 Å². The average Bonchev–Trinajstić information content (AvgIpc) is 2.51. The molecular weight excluding hydrogens is 303 g/mol. The molecule has 0 unspecified atom stereocenters. The van der Waals surface area contributed by atoms with Crippen molar-refractivity contribution in [3.05, 3.63) is 64.9 Å². The van der Waals surface area contributed by atoms with E-state index in [0.29, 0.717) is 18.7 Å². The summed E-state index contributed by atoms with van der Waals surface area (Å²) in [6.45, 7) is 1.39. The molecule has 0 saturated carbocycles. The van der Waals surface area contributed by atoms with Crippen LogP contribution in [0.2, 0.25) is 5.02 Å². The van der Waals surface area contributed by atoms with Crippen LogP contribution in [0.3, 0.4) is 0 Å². The summed E-state index contributed by atoms with van der Waals surface area (Å²) >= 11 is 5.82. The van der Waals surface area contributed by atoms with Crippen LogP contribution in [-0.2, 0) is 11.2 Å². The van der Waals surface area contributed by atoms with Gasteiger partial charge in [-0.3, -0.25) is 4.79 Å². The summed E-state index contributed by atoms with van der Waals surface area (Å²) in [4.78, 5) is 11.7. The SMILES string of the molecule is O=C(CCNCCc1ccc(Cl)cc1)Nc1ccc(F)cc1. The predicted molar refractivity (Wildman–Crippen MR) is 87.7 cm³/mol. The minimum Gasteiger partial charge on any atom is -0.326 e. The monoisotopic (exact) mass is 320 g/mol. The summed E-state index contributed by atoms with van der Waals surface area (Å²) in [5, 5.41) is 6.67. The van der Waals surface area contributed by atoms with Crippen LogP contribution in [0.15, 0.2) is 48.5 Å². The zero-order valence-corrected chi connectivity index (χ0v) is 12.9. The van der Waals surface area contributed by atoms with Gasteiger partial charge in [0.15, 0.2) is 0 Å². The van der Waals surface area contributed by atoms with Gasteiger partial charge in [-0.2, -0.15) is 0 Å². The fourth-order valence-electron chi connectivity index (χ4n) is 1.97. The first-order valence-electron chi connectivity index (χ1n) is 7.14. The molecule has 0 bridgehead atoms. The van der Waals surface area contributed by atoms with Crippen LogP contribution in [0.4, 0.5) is 10.1 Å². The van der Waals surface area contributed by atoms with Crippen molar-refractivity contribution in [1.82, 2.24) is 5.32 Å². The van der Waals surface area contributed by atoms with Crippen molar-refractivity contribution >= 4 is 23.2 Å². The molecule has 2 rings (SSSR count). The second kappa shape index (κ2) is 8.51. The highest BCUT2D eigenvalue weighted by Crippen LogP contribution is 2.10. The first kappa shape index (κ1) is 16.5. The van der Waals surface area contributed by atoms with Gasteiger partial charge < -0.3 is 10.6 Å². The lowest BCUT2D eigenvalue weighted by atomic mass is 10.1. The summed E-state index contributed by atoms with van der Waals surface area (Å²) in [7, 11) is 0. The Hall–Kier alpha value is -1.91. The number of halogens is 2. The van der Waals surface area contributed by atoms with E-state index in [1.54, 1.807) is 12.1 Å². The van der Waals surface area contributed by atoms with Crippen molar-refractivity contribution in [3.63, 3.8) is 0 Å². The molecular formula is C17H18ClFN2O. The number of hydrogen-bond acceptors (Lipinski definition) is 2. The van der Waals surface area contributed by atoms with Crippen LogP contribution in [0, 0.1) is 5.82 Å². The quantitative estimate of drug-likeness (QED) is 0.765. The highest BCUT2D eigenvalue weighted by atomic mass is 35.5. The number of amides is 1. The molecule has 0 fully saturated rings. The molecule has 0 saturated heterocycles. The summed E-state index contributed by atoms with van der Waals surface area (Å²) in [6, 6.07) is 13.4. The van der Waals surface area contributed by atoms with Crippen molar-refractivity contribution in [2.24, 2.45) is 0 Å². The minimum absolute atomic E-state index is 0.0920. The predicted octanol–water partition coefficient (Wildman–Crippen LogP) is 3.64. The highest BCUT2D eigenvalue weighted by Gasteiger charge is 2.02. The van der Waals surface area contributed by atoms with Gasteiger partial charge in [-0.15, -0.1) is 0 Å². The first-order valence-corrected chi connectivity index (χ1v) is 7.52. The highest BCUT2D eigenvalue weighted by molar-refractivity contribution is 6.30. The molecule has 0 aliphatic carbocycles. The Morgan fingerprint density at radius 3 is 2.36 bits per heavy atom. The van der Waals surface area contributed by atoms with E-state index in [4.69, 9.17) is 11.6 Å². The Morgan fingerprint density at radius 1 is 1.00 bits per heavy atom. The Morgan fingerprint density at radius 2 is 1.68 bits per heavy atom. The zero-order valence-electron chi connectivity index (χ0n) is 12.1. The number of benzene rings is 2. The molecule has 22 heavy (non-hydrogen) atoms. The lowest BCUT2D eigenvalue weighted by molar-refractivity contribution is -0.116. The van der Waals surface area contributed by atoms with Crippen LogP contribution < -0.4 is 10.6 Å². The van der Waals surface area contributed by atoms with Crippen LogP contribution in [0.25, 0.3) is 0 Å². The summed E-state index contributed by atoms with van der Waals surface area (Å²) < 4.78 is 12.7. The maximum atomic E-state index is 12.7. The fourth-order valence-corrected chi connectivity index (χ4v) is 2.09. The van der Waals surface area contributed by atoms with Gasteiger partial charge in [0.25, 0.3) is 0 Å². The number of anilines is 1. The molecule has 5 heteroatoms. The lowest BCUT2D eigenvalue weighted by Crippen LogP contribution is -2.23. The third kappa shape index (κ3) is 5.84. The Bertz CT molecular complexity index is 599. The maximum absolute atomic E-state index is 12.7. The summed E-state index contributed by atoms with van der Waals surface area (Å²) in [5.41, 5.74) is 1.81. The van der Waals surface area contributed by atoms with Crippen LogP contribution in [-0.4, -0.2) is 19.0 Å². The second-order valence-electron chi connectivity index (χ2n) is 4.93. The van der Waals surface area contributed by atoms with Gasteiger partial charge in [-0.05, 0) is 54.9 Å². The van der Waals surface area contributed by atoms with E-state index in [-0.39, 0.29) is 11.7 Å². The van der Waals surface area contributed by atoms with E-state index in [2.05, 4.69) is 10.6 Å². The third-order valence-corrected chi connectivity index (χ3v) is 3.41. The van der Waals surface area contributed by atoms with E-state index in [1.807, 2.05) is 24.3 Å². The summed E-state index contributed by atoms with van der Waals surface area (Å²) in [5.74, 6) is -0.410. The van der Waals surface area contributed by atoms with E-state index in [9.17, 15) is 9.18 Å². The zero-order chi connectivity index (χ0) is 15.8. The second-order valence-corrected chi connectivity index (χ2v) is 5.37. The van der Waals surface area contributed by atoms with Gasteiger partial charge in [0.2, 0.25) is 5.91 Å². The van der Waals surface area contributed by atoms with E-state index < -0.39 is 0 Å². The molecule has 0 aliphatic rings. The molecule has 0 spiro atoms. The molecule has 0 aromatic heterocycles. The van der Waals surface area contributed by atoms with Gasteiger partial charge in [-0.1, -0.05) is 23.7 Å². The normalized spacial score (nSPS) is 10.5. The number of hydrogen-bond donors (Lipinski definition) is 2. The molecule has 0 radical (unpaired) electrons. The smallest absolute Gasteiger partial charge is 0.225 e. The van der Waals surface area contributed by atoms with E-state index >= 15 is 0 Å². The minimum atomic E-state index is -0.318. The Kier molecular flexibility index (Phi) is 6.37. The van der Waals surface area contributed by atoms with E-state index in [1.165, 1.54) is 17.7 Å². The average molecular weight is 321 g/mol. The van der Waals surface area contributed by atoms with Gasteiger partial charge >= 0.3 is 0 Å². The summed E-state index contributed by atoms with van der Waals surface area (Å²) in [6.07, 6.45) is 1.26. The molecule has 0 aliphatic heterocycles. The van der Waals surface area contributed by atoms with E-state index in [0.717, 1.165) is 18.0 Å². The molecule has 0 atom stereocenters. The number of carbonyl (C=O) groups excluding carboxylic acids is 1. The van der Waals surface area contributed by atoms with Gasteiger partial charge in [0.05, 0.1) is 0 Å². The number of rotatable bonds is 7.